The minimum absolute atomic E-state index is 0. The predicted octanol–water partition coefficient (Wildman–Crippen LogP) is 3.10. The van der Waals surface area contributed by atoms with Crippen LogP contribution in [0.2, 0.25) is 0 Å². The first-order chi connectivity index (χ1) is 10.7. The van der Waals surface area contributed by atoms with Gasteiger partial charge in [0.15, 0.2) is 0 Å². The molecule has 1 aromatic heterocycles. The summed E-state index contributed by atoms with van der Waals surface area (Å²) in [6.45, 7) is 3.03. The van der Waals surface area contributed by atoms with Crippen molar-refractivity contribution in [1.82, 2.24) is 15.2 Å². The number of halogens is 2. The number of ether oxygens (including phenoxy) is 1. The van der Waals surface area contributed by atoms with Crippen LogP contribution in [-0.4, -0.2) is 42.0 Å². The number of nitrogens with one attached hydrogen (secondary N) is 1. The molecular weight excluding hydrogens is 382 g/mol. The number of hydrogen-bond acceptors (Lipinski definition) is 4. The van der Waals surface area contributed by atoms with E-state index in [0.29, 0.717) is 30.3 Å². The molecule has 0 unspecified atom stereocenters. The molecule has 0 spiro atoms. The smallest absolute Gasteiger partial charge is 0.259 e. The molecule has 1 aromatic carbocycles. The van der Waals surface area contributed by atoms with Gasteiger partial charge < -0.3 is 15.0 Å². The van der Waals surface area contributed by atoms with Gasteiger partial charge in [0.05, 0.1) is 0 Å². The number of nitrogens with zero attached hydrogens (tertiary/aromatic N) is 2. The summed E-state index contributed by atoms with van der Waals surface area (Å²) in [4.78, 5) is 18.7. The molecule has 0 radical (unpaired) electrons. The van der Waals surface area contributed by atoms with Crippen LogP contribution in [-0.2, 0) is 0 Å². The molecule has 0 saturated carbocycles. The molecule has 0 aliphatic carbocycles. The number of benzene rings is 1. The fraction of sp³-hybridized carbons (Fsp3) is 0.250. The first kappa shape index (κ1) is 17.7. The molecule has 2 heterocycles. The third-order valence-corrected chi connectivity index (χ3v) is 3.96. The Morgan fingerprint density at radius 2 is 1.87 bits per heavy atom. The molecular formula is C16H17BrClN3O2. The fourth-order valence-corrected chi connectivity index (χ4v) is 2.55. The van der Waals surface area contributed by atoms with Crippen LogP contribution in [0.4, 0.5) is 0 Å². The van der Waals surface area contributed by atoms with Gasteiger partial charge in [-0.2, -0.15) is 0 Å². The first-order valence-electron chi connectivity index (χ1n) is 7.12. The number of aromatic nitrogens is 1. The normalized spacial score (nSPS) is 14.0. The summed E-state index contributed by atoms with van der Waals surface area (Å²) in [7, 11) is 0. The zero-order valence-electron chi connectivity index (χ0n) is 12.4. The van der Waals surface area contributed by atoms with Crippen LogP contribution in [0.25, 0.3) is 0 Å². The van der Waals surface area contributed by atoms with Crippen molar-refractivity contribution in [2.24, 2.45) is 0 Å². The molecule has 3 rings (SSSR count). The lowest BCUT2D eigenvalue weighted by Crippen LogP contribution is -2.46. The summed E-state index contributed by atoms with van der Waals surface area (Å²) < 4.78 is 6.75. The Morgan fingerprint density at radius 1 is 1.17 bits per heavy atom. The van der Waals surface area contributed by atoms with Crippen molar-refractivity contribution in [1.29, 1.82) is 0 Å². The molecule has 2 aromatic rings. The number of hydrogen-bond donors (Lipinski definition) is 1. The lowest BCUT2D eigenvalue weighted by molar-refractivity contribution is 0.0732. The zero-order chi connectivity index (χ0) is 15.4. The van der Waals surface area contributed by atoms with E-state index in [1.165, 1.54) is 0 Å². The Hall–Kier alpha value is -1.63. The fourth-order valence-electron chi connectivity index (χ4n) is 2.29. The third kappa shape index (κ3) is 4.43. The molecule has 1 N–H and O–H groups in total. The number of carbonyl (C=O) groups excluding carboxylic acids is 1. The van der Waals surface area contributed by atoms with Gasteiger partial charge in [-0.25, -0.2) is 4.98 Å². The van der Waals surface area contributed by atoms with E-state index in [0.717, 1.165) is 17.6 Å². The lowest BCUT2D eigenvalue weighted by atomic mass is 10.2. The molecule has 23 heavy (non-hydrogen) atoms. The average Bonchev–Trinajstić information content (AvgIpc) is 2.58. The van der Waals surface area contributed by atoms with Crippen molar-refractivity contribution in [3.63, 3.8) is 0 Å². The van der Waals surface area contributed by atoms with Gasteiger partial charge in [-0.1, -0.05) is 15.9 Å². The van der Waals surface area contributed by atoms with Crippen molar-refractivity contribution in [2.45, 2.75) is 0 Å². The van der Waals surface area contributed by atoms with E-state index in [-0.39, 0.29) is 18.3 Å². The Balaban J connectivity index is 0.00000192. The van der Waals surface area contributed by atoms with Crippen molar-refractivity contribution < 1.29 is 9.53 Å². The van der Waals surface area contributed by atoms with Gasteiger partial charge in [0.25, 0.3) is 5.91 Å². The molecule has 7 heteroatoms. The largest absolute Gasteiger partial charge is 0.438 e. The Labute approximate surface area is 149 Å². The van der Waals surface area contributed by atoms with E-state index in [1.807, 2.05) is 29.2 Å². The van der Waals surface area contributed by atoms with E-state index in [4.69, 9.17) is 4.74 Å². The van der Waals surface area contributed by atoms with Crippen molar-refractivity contribution >= 4 is 34.2 Å². The molecule has 0 bridgehead atoms. The topological polar surface area (TPSA) is 54.5 Å². The monoisotopic (exact) mass is 397 g/mol. The average molecular weight is 399 g/mol. The summed E-state index contributed by atoms with van der Waals surface area (Å²) in [6.07, 6.45) is 1.63. The van der Waals surface area contributed by atoms with Gasteiger partial charge in [-0.05, 0) is 36.4 Å². The SMILES string of the molecule is Cl.O=C(c1cccnc1Oc1ccc(Br)cc1)N1CCNCC1. The number of carbonyl (C=O) groups is 1. The summed E-state index contributed by atoms with van der Waals surface area (Å²) in [5.41, 5.74) is 0.493. The van der Waals surface area contributed by atoms with Gasteiger partial charge in [-0.3, -0.25) is 4.79 Å². The van der Waals surface area contributed by atoms with Crippen molar-refractivity contribution in [2.75, 3.05) is 26.2 Å². The molecule has 1 fully saturated rings. The molecule has 1 aliphatic rings. The van der Waals surface area contributed by atoms with Crippen LogP contribution in [0.3, 0.4) is 0 Å². The summed E-state index contributed by atoms with van der Waals surface area (Å²) in [5.74, 6) is 0.950. The minimum atomic E-state index is -0.0401. The second kappa shape index (κ2) is 8.29. The second-order valence-electron chi connectivity index (χ2n) is 4.95. The van der Waals surface area contributed by atoms with Gasteiger partial charge in [0.2, 0.25) is 5.88 Å². The van der Waals surface area contributed by atoms with Gasteiger partial charge in [0.1, 0.15) is 11.3 Å². The van der Waals surface area contributed by atoms with E-state index in [2.05, 4.69) is 26.2 Å². The molecule has 5 nitrogen and oxygen atoms in total. The highest BCUT2D eigenvalue weighted by atomic mass is 79.9. The molecule has 1 saturated heterocycles. The third-order valence-electron chi connectivity index (χ3n) is 3.43. The van der Waals surface area contributed by atoms with Gasteiger partial charge >= 0.3 is 0 Å². The first-order valence-corrected chi connectivity index (χ1v) is 7.92. The van der Waals surface area contributed by atoms with Gasteiger partial charge in [0, 0.05) is 36.8 Å². The number of piperazine rings is 1. The minimum Gasteiger partial charge on any atom is -0.438 e. The number of rotatable bonds is 3. The van der Waals surface area contributed by atoms with Crippen LogP contribution in [0.15, 0.2) is 47.1 Å². The molecule has 1 aliphatic heterocycles. The van der Waals surface area contributed by atoms with Crippen LogP contribution in [0, 0.1) is 0 Å². The van der Waals surface area contributed by atoms with E-state index in [1.54, 1.807) is 18.3 Å². The summed E-state index contributed by atoms with van der Waals surface area (Å²) in [5, 5.41) is 3.24. The highest BCUT2D eigenvalue weighted by molar-refractivity contribution is 9.10. The van der Waals surface area contributed by atoms with Crippen molar-refractivity contribution in [3.05, 3.63) is 52.6 Å². The second-order valence-corrected chi connectivity index (χ2v) is 5.87. The Bertz CT molecular complexity index is 661. The summed E-state index contributed by atoms with van der Waals surface area (Å²) in [6, 6.07) is 10.9. The Kier molecular flexibility index (Phi) is 6.38. The van der Waals surface area contributed by atoms with Gasteiger partial charge in [-0.15, -0.1) is 12.4 Å². The summed E-state index contributed by atoms with van der Waals surface area (Å²) >= 11 is 3.38. The van der Waals surface area contributed by atoms with Crippen LogP contribution in [0.5, 0.6) is 11.6 Å². The highest BCUT2D eigenvalue weighted by Gasteiger charge is 2.22. The lowest BCUT2D eigenvalue weighted by Gasteiger charge is -2.27. The van der Waals surface area contributed by atoms with E-state index in [9.17, 15) is 4.79 Å². The maximum atomic E-state index is 12.6. The number of pyridine rings is 1. The standard InChI is InChI=1S/C16H16BrN3O2.ClH/c17-12-3-5-13(6-4-12)22-15-14(2-1-7-19-15)16(21)20-10-8-18-9-11-20;/h1-7,18H,8-11H2;1H. The molecule has 0 atom stereocenters. The van der Waals surface area contributed by atoms with E-state index < -0.39 is 0 Å². The molecule has 122 valence electrons. The maximum Gasteiger partial charge on any atom is 0.259 e. The highest BCUT2D eigenvalue weighted by Crippen LogP contribution is 2.25. The van der Waals surface area contributed by atoms with E-state index >= 15 is 0 Å². The molecule has 1 amide bonds. The quantitative estimate of drug-likeness (QED) is 0.863. The predicted molar refractivity (Wildman–Crippen MR) is 94.5 cm³/mol. The van der Waals surface area contributed by atoms with Crippen LogP contribution < -0.4 is 10.1 Å². The maximum absolute atomic E-state index is 12.6. The Morgan fingerprint density at radius 3 is 2.57 bits per heavy atom. The van der Waals surface area contributed by atoms with Crippen LogP contribution in [0.1, 0.15) is 10.4 Å². The van der Waals surface area contributed by atoms with Crippen LogP contribution >= 0.6 is 28.3 Å². The zero-order valence-corrected chi connectivity index (χ0v) is 14.8. The number of amides is 1. The van der Waals surface area contributed by atoms with Crippen molar-refractivity contribution in [3.8, 4) is 11.6 Å².